The molecule has 0 aliphatic carbocycles. The van der Waals surface area contributed by atoms with Gasteiger partial charge in [-0.25, -0.2) is 9.71 Å². The third kappa shape index (κ3) is 4.71. The Balaban J connectivity index is 1.87. The van der Waals surface area contributed by atoms with E-state index in [1.54, 1.807) is 13.3 Å². The predicted molar refractivity (Wildman–Crippen MR) is 116 cm³/mol. The molecule has 3 rings (SSSR count). The van der Waals surface area contributed by atoms with Gasteiger partial charge in [0.05, 0.1) is 12.4 Å². The third-order valence-electron chi connectivity index (χ3n) is 5.17. The molecular formula is C18H30N8O3S. The lowest BCUT2D eigenvalue weighted by molar-refractivity contribution is -0.117. The van der Waals surface area contributed by atoms with E-state index in [0.29, 0.717) is 62.0 Å². The molecule has 30 heavy (non-hydrogen) atoms. The Morgan fingerprint density at radius 2 is 2.07 bits per heavy atom. The summed E-state index contributed by atoms with van der Waals surface area (Å²) in [7, 11) is -3.47. The Bertz CT molecular complexity index is 1010. The minimum absolute atomic E-state index is 0.0137. The molecule has 12 heteroatoms. The molecule has 2 atom stereocenters. The number of nitrogens with zero attached hydrogens (tertiary/aromatic N) is 5. The molecule has 0 radical (unpaired) electrons. The van der Waals surface area contributed by atoms with E-state index in [2.05, 4.69) is 30.3 Å². The number of anilines is 2. The maximum absolute atomic E-state index is 12.3. The van der Waals surface area contributed by atoms with Crippen molar-refractivity contribution in [3.8, 4) is 0 Å². The Hall–Kier alpha value is -2.31. The van der Waals surface area contributed by atoms with Gasteiger partial charge in [-0.05, 0) is 26.7 Å². The smallest absolute Gasteiger partial charge is 0.279 e. The Morgan fingerprint density at radius 1 is 1.30 bits per heavy atom. The lowest BCUT2D eigenvalue weighted by atomic mass is 10.1. The highest BCUT2D eigenvalue weighted by molar-refractivity contribution is 7.87. The number of fused-ring (bicyclic) bond motifs is 1. The van der Waals surface area contributed by atoms with E-state index in [4.69, 9.17) is 0 Å². The maximum Gasteiger partial charge on any atom is 0.279 e. The van der Waals surface area contributed by atoms with E-state index in [9.17, 15) is 13.2 Å². The molecule has 1 fully saturated rings. The van der Waals surface area contributed by atoms with Crippen molar-refractivity contribution in [2.45, 2.75) is 59.2 Å². The Morgan fingerprint density at radius 3 is 2.70 bits per heavy atom. The first-order valence-corrected chi connectivity index (χ1v) is 11.7. The molecule has 2 aromatic heterocycles. The van der Waals surface area contributed by atoms with Gasteiger partial charge >= 0.3 is 0 Å². The van der Waals surface area contributed by atoms with Gasteiger partial charge in [-0.15, -0.1) is 0 Å². The summed E-state index contributed by atoms with van der Waals surface area (Å²) in [4.78, 5) is 25.4. The van der Waals surface area contributed by atoms with Crippen LogP contribution in [-0.2, 0) is 21.5 Å². The van der Waals surface area contributed by atoms with Crippen molar-refractivity contribution >= 4 is 38.9 Å². The summed E-state index contributed by atoms with van der Waals surface area (Å²) in [6.45, 7) is 9.01. The average molecular weight is 439 g/mol. The van der Waals surface area contributed by atoms with Gasteiger partial charge in [0.1, 0.15) is 0 Å². The minimum atomic E-state index is -3.47. The maximum atomic E-state index is 12.3. The number of aryl methyl sites for hydroxylation is 1. The fourth-order valence-electron chi connectivity index (χ4n) is 3.52. The number of nitrogens with one attached hydrogen (secondary N) is 3. The van der Waals surface area contributed by atoms with Crippen LogP contribution >= 0.6 is 0 Å². The van der Waals surface area contributed by atoms with Crippen LogP contribution in [0.15, 0.2) is 6.33 Å². The lowest BCUT2D eigenvalue weighted by Crippen LogP contribution is -2.40. The van der Waals surface area contributed by atoms with Crippen molar-refractivity contribution in [3.63, 3.8) is 0 Å². The van der Waals surface area contributed by atoms with Gasteiger partial charge in [0, 0.05) is 32.2 Å². The normalized spacial score (nSPS) is 18.6. The molecule has 0 unspecified atom stereocenters. The quantitative estimate of drug-likeness (QED) is 0.499. The van der Waals surface area contributed by atoms with Gasteiger partial charge in [-0.2, -0.15) is 22.7 Å². The van der Waals surface area contributed by atoms with Crippen LogP contribution in [0.2, 0.25) is 0 Å². The summed E-state index contributed by atoms with van der Waals surface area (Å²) in [5, 5.41) is 6.45. The highest BCUT2D eigenvalue weighted by Crippen LogP contribution is 2.24. The first-order chi connectivity index (χ1) is 14.3. The zero-order valence-corrected chi connectivity index (χ0v) is 18.7. The molecule has 0 saturated carbocycles. The monoisotopic (exact) mass is 438 g/mol. The molecule has 2 aromatic rings. The molecule has 0 amide bonds. The summed E-state index contributed by atoms with van der Waals surface area (Å²) in [5.74, 6) is 0.887. The molecule has 1 aliphatic rings. The van der Waals surface area contributed by atoms with Crippen molar-refractivity contribution < 1.29 is 13.2 Å². The van der Waals surface area contributed by atoms with Crippen molar-refractivity contribution in [2.24, 2.45) is 0 Å². The first kappa shape index (κ1) is 22.4. The van der Waals surface area contributed by atoms with E-state index in [0.717, 1.165) is 0 Å². The number of carbonyl (C=O) groups is 1. The second-order valence-corrected chi connectivity index (χ2v) is 9.06. The van der Waals surface area contributed by atoms with Gasteiger partial charge in [0.2, 0.25) is 5.95 Å². The van der Waals surface area contributed by atoms with E-state index < -0.39 is 10.2 Å². The van der Waals surface area contributed by atoms with Crippen LogP contribution in [0.3, 0.4) is 0 Å². The SMILES string of the molecule is CCNS(=O)(=O)N1CC[C@H](Nc2nc(N[C@@H](CC)C(C)=O)nc3c2ncn3CC)C1. The number of imidazole rings is 1. The number of rotatable bonds is 10. The summed E-state index contributed by atoms with van der Waals surface area (Å²) >= 11 is 0. The summed E-state index contributed by atoms with van der Waals surface area (Å²) in [6, 6.07) is -0.480. The van der Waals surface area contributed by atoms with Crippen molar-refractivity contribution in [3.05, 3.63) is 6.33 Å². The molecule has 0 spiro atoms. The van der Waals surface area contributed by atoms with Crippen LogP contribution in [0, 0.1) is 0 Å². The Kier molecular flexibility index (Phi) is 6.88. The second kappa shape index (κ2) is 9.23. The van der Waals surface area contributed by atoms with Crippen LogP contribution < -0.4 is 15.4 Å². The van der Waals surface area contributed by atoms with E-state index in [-0.39, 0.29) is 17.9 Å². The van der Waals surface area contributed by atoms with Gasteiger partial charge in [-0.1, -0.05) is 13.8 Å². The third-order valence-corrected chi connectivity index (χ3v) is 6.83. The standard InChI is InChI=1S/C18H30N8O3S/c1-5-14(12(4)27)22-18-23-16(15-17(24-18)25(7-3)11-19-15)21-13-8-9-26(10-13)30(28,29)20-6-2/h11,13-14,20H,5-10H2,1-4H3,(H2,21,22,23,24)/t13-,14-/m0/s1. The minimum Gasteiger partial charge on any atom is -0.364 e. The number of hydrogen-bond acceptors (Lipinski definition) is 8. The van der Waals surface area contributed by atoms with Crippen LogP contribution in [0.4, 0.5) is 11.8 Å². The Labute approximate surface area is 176 Å². The predicted octanol–water partition coefficient (Wildman–Crippen LogP) is 0.966. The average Bonchev–Trinajstić information content (AvgIpc) is 3.33. The van der Waals surface area contributed by atoms with Crippen molar-refractivity contribution in [2.75, 3.05) is 30.3 Å². The number of aromatic nitrogens is 4. The van der Waals surface area contributed by atoms with Crippen LogP contribution in [0.25, 0.3) is 11.2 Å². The summed E-state index contributed by atoms with van der Waals surface area (Å²) < 4.78 is 30.4. The molecule has 11 nitrogen and oxygen atoms in total. The number of carbonyl (C=O) groups excluding carboxylic acids is 1. The molecule has 1 saturated heterocycles. The van der Waals surface area contributed by atoms with E-state index >= 15 is 0 Å². The summed E-state index contributed by atoms with van der Waals surface area (Å²) in [5.41, 5.74) is 1.28. The van der Waals surface area contributed by atoms with E-state index in [1.807, 2.05) is 18.4 Å². The second-order valence-electron chi connectivity index (χ2n) is 7.31. The molecule has 3 N–H and O–H groups in total. The molecule has 0 bridgehead atoms. The van der Waals surface area contributed by atoms with Crippen LogP contribution in [-0.4, -0.2) is 69.7 Å². The van der Waals surface area contributed by atoms with Crippen molar-refractivity contribution in [1.29, 1.82) is 0 Å². The lowest BCUT2D eigenvalue weighted by Gasteiger charge is -2.18. The largest absolute Gasteiger partial charge is 0.364 e. The molecule has 3 heterocycles. The number of ketones is 1. The fraction of sp³-hybridized carbons (Fsp3) is 0.667. The highest BCUT2D eigenvalue weighted by Gasteiger charge is 2.31. The van der Waals surface area contributed by atoms with Gasteiger partial charge in [0.15, 0.2) is 22.8 Å². The fourth-order valence-corrected chi connectivity index (χ4v) is 4.79. The van der Waals surface area contributed by atoms with Gasteiger partial charge < -0.3 is 15.2 Å². The molecular weight excluding hydrogens is 408 g/mol. The van der Waals surface area contributed by atoms with Crippen LogP contribution in [0.1, 0.15) is 40.5 Å². The van der Waals surface area contributed by atoms with Crippen LogP contribution in [0.5, 0.6) is 0 Å². The zero-order valence-electron chi connectivity index (χ0n) is 17.8. The highest BCUT2D eigenvalue weighted by atomic mass is 32.2. The van der Waals surface area contributed by atoms with Gasteiger partial charge in [-0.3, -0.25) is 4.79 Å². The van der Waals surface area contributed by atoms with Gasteiger partial charge in [0.25, 0.3) is 10.2 Å². The first-order valence-electron chi connectivity index (χ1n) is 10.3. The zero-order chi connectivity index (χ0) is 21.9. The van der Waals surface area contributed by atoms with Crippen molar-refractivity contribution in [1.82, 2.24) is 28.5 Å². The number of Topliss-reactive ketones (excluding diaryl/α,β-unsaturated/α-hetero) is 1. The summed E-state index contributed by atoms with van der Waals surface area (Å²) in [6.07, 6.45) is 2.97. The molecule has 1 aliphatic heterocycles. The molecule has 0 aromatic carbocycles. The van der Waals surface area contributed by atoms with E-state index in [1.165, 1.54) is 11.2 Å². The number of hydrogen-bond donors (Lipinski definition) is 3. The topological polar surface area (TPSA) is 134 Å². The molecule has 166 valence electrons.